The van der Waals surface area contributed by atoms with Crippen LogP contribution in [0.4, 0.5) is 18.9 Å². The van der Waals surface area contributed by atoms with E-state index in [2.05, 4.69) is 5.32 Å². The maximum absolute atomic E-state index is 13.3. The van der Waals surface area contributed by atoms with E-state index in [0.717, 1.165) is 6.07 Å². The van der Waals surface area contributed by atoms with E-state index in [0.29, 0.717) is 11.6 Å². The molecule has 0 amide bonds. The Morgan fingerprint density at radius 3 is 2.27 bits per heavy atom. The zero-order valence-electron chi connectivity index (χ0n) is 13.7. The third-order valence-corrected chi connectivity index (χ3v) is 5.40. The van der Waals surface area contributed by atoms with Gasteiger partial charge in [-0.15, -0.1) is 0 Å². The molecule has 0 heterocycles. The van der Waals surface area contributed by atoms with Crippen molar-refractivity contribution < 1.29 is 31.5 Å². The summed E-state index contributed by atoms with van der Waals surface area (Å²) in [5.74, 6) is -1.70. The number of halogens is 3. The molecule has 0 unspecified atom stereocenters. The summed E-state index contributed by atoms with van der Waals surface area (Å²) < 4.78 is 64.6. The van der Waals surface area contributed by atoms with Gasteiger partial charge < -0.3 is 10.4 Å². The number of rotatable bonds is 6. The van der Waals surface area contributed by atoms with Gasteiger partial charge in [-0.1, -0.05) is 37.3 Å². The van der Waals surface area contributed by atoms with Gasteiger partial charge in [-0.3, -0.25) is 4.79 Å². The fraction of sp³-hybridized carbons (Fsp3) is 0.235. The van der Waals surface area contributed by atoms with Crippen molar-refractivity contribution >= 4 is 21.5 Å². The number of carboxylic acid groups (broad SMARTS) is 1. The van der Waals surface area contributed by atoms with Crippen LogP contribution in [0.2, 0.25) is 0 Å². The molecule has 26 heavy (non-hydrogen) atoms. The zero-order chi connectivity index (χ0) is 19.5. The monoisotopic (exact) mass is 387 g/mol. The van der Waals surface area contributed by atoms with E-state index in [1.165, 1.54) is 19.1 Å². The maximum atomic E-state index is 13.3. The van der Waals surface area contributed by atoms with Gasteiger partial charge in [0.25, 0.3) is 0 Å². The Labute approximate surface area is 148 Å². The van der Waals surface area contributed by atoms with E-state index in [1.807, 2.05) is 0 Å². The Hall–Kier alpha value is -2.55. The molecular formula is C17H16F3NO4S. The van der Waals surface area contributed by atoms with E-state index in [1.54, 1.807) is 18.2 Å². The molecule has 2 N–H and O–H groups in total. The Morgan fingerprint density at radius 1 is 1.15 bits per heavy atom. The topological polar surface area (TPSA) is 83.5 Å². The number of hydrogen-bond acceptors (Lipinski definition) is 4. The van der Waals surface area contributed by atoms with E-state index in [-0.39, 0.29) is 11.3 Å². The second-order valence-corrected chi connectivity index (χ2v) is 7.66. The summed E-state index contributed by atoms with van der Waals surface area (Å²) in [7, 11) is -4.05. The molecule has 0 atom stereocenters. The van der Waals surface area contributed by atoms with E-state index >= 15 is 0 Å². The van der Waals surface area contributed by atoms with Gasteiger partial charge in [0.15, 0.2) is 9.84 Å². The molecule has 140 valence electrons. The summed E-state index contributed by atoms with van der Waals surface area (Å²) in [6.45, 7) is 0.663. The lowest BCUT2D eigenvalue weighted by atomic mass is 10.0. The quantitative estimate of drug-likeness (QED) is 0.790. The number of nitrogens with one attached hydrogen (secondary N) is 1. The Morgan fingerprint density at radius 2 is 1.77 bits per heavy atom. The molecule has 0 spiro atoms. The largest absolute Gasteiger partial charge is 0.480 e. The molecule has 0 bridgehead atoms. The van der Waals surface area contributed by atoms with Crippen molar-refractivity contribution in [2.24, 2.45) is 0 Å². The van der Waals surface area contributed by atoms with Gasteiger partial charge in [-0.05, 0) is 17.7 Å². The van der Waals surface area contributed by atoms with Crippen molar-refractivity contribution in [1.82, 2.24) is 0 Å². The third kappa shape index (κ3) is 4.34. The minimum absolute atomic E-state index is 0.0336. The first-order valence-electron chi connectivity index (χ1n) is 7.55. The maximum Gasteiger partial charge on any atom is 0.416 e. The number of carbonyl (C=O) groups is 1. The summed E-state index contributed by atoms with van der Waals surface area (Å²) in [5.41, 5.74) is -0.981. The molecule has 5 nitrogen and oxygen atoms in total. The minimum atomic E-state index is -4.76. The van der Waals surface area contributed by atoms with Gasteiger partial charge in [-0.2, -0.15) is 13.2 Å². The summed E-state index contributed by atoms with van der Waals surface area (Å²) in [6, 6.07) is 9.22. The number of carboxylic acids is 1. The summed E-state index contributed by atoms with van der Waals surface area (Å²) in [4.78, 5) is 10.3. The lowest BCUT2D eigenvalue weighted by Gasteiger charge is -2.19. The van der Waals surface area contributed by atoms with Crippen LogP contribution in [0, 0.1) is 0 Å². The first-order chi connectivity index (χ1) is 12.1. The number of anilines is 1. The first-order valence-corrected chi connectivity index (χ1v) is 9.20. The standard InChI is InChI=1S/C17H16F3NO4S/c1-2-26(24,25)14-9-12(17(18,19)20)8-13(11-6-4-3-5-7-11)16(14)21-10-15(22)23/h3-9,21H,2,10H2,1H3,(H,22,23). The molecular weight excluding hydrogens is 371 g/mol. The highest BCUT2D eigenvalue weighted by Crippen LogP contribution is 2.40. The van der Waals surface area contributed by atoms with Crippen LogP contribution < -0.4 is 5.32 Å². The predicted octanol–water partition coefficient (Wildman–Crippen LogP) is 3.66. The molecule has 0 fully saturated rings. The zero-order valence-corrected chi connectivity index (χ0v) is 14.5. The van der Waals surface area contributed by atoms with Crippen LogP contribution in [0.15, 0.2) is 47.4 Å². The van der Waals surface area contributed by atoms with Crippen LogP contribution in [0.25, 0.3) is 11.1 Å². The number of hydrogen-bond donors (Lipinski definition) is 2. The smallest absolute Gasteiger partial charge is 0.416 e. The third-order valence-electron chi connectivity index (χ3n) is 3.65. The highest BCUT2D eigenvalue weighted by Gasteiger charge is 2.34. The Kier molecular flexibility index (Phi) is 5.60. The Balaban J connectivity index is 2.85. The van der Waals surface area contributed by atoms with Crippen molar-refractivity contribution in [2.45, 2.75) is 18.0 Å². The van der Waals surface area contributed by atoms with E-state index in [4.69, 9.17) is 5.11 Å². The molecule has 0 saturated heterocycles. The summed E-state index contributed by atoms with van der Waals surface area (Å²) in [6.07, 6.45) is -4.76. The number of sulfone groups is 1. The fourth-order valence-corrected chi connectivity index (χ4v) is 3.48. The molecule has 0 aromatic heterocycles. The normalized spacial score (nSPS) is 12.0. The van der Waals surface area contributed by atoms with Crippen molar-refractivity contribution in [2.75, 3.05) is 17.6 Å². The van der Waals surface area contributed by atoms with Crippen LogP contribution in [0.1, 0.15) is 12.5 Å². The summed E-state index contributed by atoms with van der Waals surface area (Å²) >= 11 is 0. The molecule has 9 heteroatoms. The SMILES string of the molecule is CCS(=O)(=O)c1cc(C(F)(F)F)cc(-c2ccccc2)c1NCC(=O)O. The molecule has 0 saturated carbocycles. The molecule has 2 aromatic carbocycles. The second-order valence-electron chi connectivity index (χ2n) is 5.41. The molecule has 0 radical (unpaired) electrons. The molecule has 0 aliphatic rings. The number of alkyl halides is 3. The minimum Gasteiger partial charge on any atom is -0.480 e. The van der Waals surface area contributed by atoms with Gasteiger partial charge in [0, 0.05) is 5.56 Å². The predicted molar refractivity (Wildman–Crippen MR) is 90.7 cm³/mol. The van der Waals surface area contributed by atoms with Gasteiger partial charge in [0.05, 0.1) is 21.9 Å². The highest BCUT2D eigenvalue weighted by molar-refractivity contribution is 7.91. The van der Waals surface area contributed by atoms with Crippen LogP contribution >= 0.6 is 0 Å². The van der Waals surface area contributed by atoms with Crippen LogP contribution in [0.5, 0.6) is 0 Å². The molecule has 0 aliphatic heterocycles. The second kappa shape index (κ2) is 7.36. The molecule has 2 aromatic rings. The van der Waals surface area contributed by atoms with Crippen molar-refractivity contribution in [3.8, 4) is 11.1 Å². The Bertz CT molecular complexity index is 910. The highest BCUT2D eigenvalue weighted by atomic mass is 32.2. The van der Waals surface area contributed by atoms with Crippen molar-refractivity contribution in [1.29, 1.82) is 0 Å². The molecule has 2 rings (SSSR count). The number of aliphatic carboxylic acids is 1. The van der Waals surface area contributed by atoms with Gasteiger partial charge in [-0.25, -0.2) is 8.42 Å². The molecule has 0 aliphatic carbocycles. The average molecular weight is 387 g/mol. The first kappa shape index (κ1) is 19.8. The van der Waals surface area contributed by atoms with E-state index in [9.17, 15) is 26.4 Å². The summed E-state index contributed by atoms with van der Waals surface area (Å²) in [5, 5.41) is 11.3. The van der Waals surface area contributed by atoms with Gasteiger partial charge in [0.1, 0.15) is 6.54 Å². The average Bonchev–Trinajstić information content (AvgIpc) is 2.59. The fourth-order valence-electron chi connectivity index (χ4n) is 2.37. The lowest BCUT2D eigenvalue weighted by Crippen LogP contribution is -2.18. The van der Waals surface area contributed by atoms with Crippen molar-refractivity contribution in [3.63, 3.8) is 0 Å². The van der Waals surface area contributed by atoms with E-state index < -0.39 is 44.7 Å². The van der Waals surface area contributed by atoms with Crippen LogP contribution in [-0.2, 0) is 20.8 Å². The van der Waals surface area contributed by atoms with Crippen molar-refractivity contribution in [3.05, 3.63) is 48.0 Å². The number of benzene rings is 2. The van der Waals surface area contributed by atoms with Crippen LogP contribution in [-0.4, -0.2) is 31.8 Å². The van der Waals surface area contributed by atoms with Gasteiger partial charge >= 0.3 is 12.1 Å². The lowest BCUT2D eigenvalue weighted by molar-refractivity contribution is -0.138. The van der Waals surface area contributed by atoms with Gasteiger partial charge in [0.2, 0.25) is 0 Å². The van der Waals surface area contributed by atoms with Crippen LogP contribution in [0.3, 0.4) is 0 Å².